The van der Waals surface area contributed by atoms with Crippen LogP contribution in [0.15, 0.2) is 29.3 Å². The van der Waals surface area contributed by atoms with E-state index in [0.29, 0.717) is 0 Å². The Morgan fingerprint density at radius 3 is 2.79 bits per heavy atom. The van der Waals surface area contributed by atoms with E-state index >= 15 is 0 Å². The maximum atomic E-state index is 12.2. The van der Waals surface area contributed by atoms with Crippen LogP contribution in [0.5, 0.6) is 0 Å². The molecule has 0 radical (unpaired) electrons. The molecule has 1 aliphatic rings. The van der Waals surface area contributed by atoms with E-state index in [2.05, 4.69) is 60.6 Å². The van der Waals surface area contributed by atoms with E-state index in [1.807, 2.05) is 18.7 Å². The van der Waals surface area contributed by atoms with Crippen molar-refractivity contribution in [3.8, 4) is 0 Å². The van der Waals surface area contributed by atoms with Gasteiger partial charge in [0.1, 0.15) is 0 Å². The van der Waals surface area contributed by atoms with Crippen molar-refractivity contribution in [2.24, 2.45) is 10.9 Å². The zero-order valence-corrected chi connectivity index (χ0v) is 18.2. The third kappa shape index (κ3) is 6.43. The maximum absolute atomic E-state index is 12.2. The molecule has 1 aromatic carbocycles. The number of likely N-dealkylation sites (tertiary alicyclic amines) is 1. The van der Waals surface area contributed by atoms with Gasteiger partial charge in [0.05, 0.1) is 6.54 Å². The highest BCUT2D eigenvalue weighted by atomic mass is 16.2. The average Bonchev–Trinajstić information content (AvgIpc) is 3.13. The number of anilines is 1. The quantitative estimate of drug-likeness (QED) is 0.532. The van der Waals surface area contributed by atoms with Crippen LogP contribution in [0.2, 0.25) is 0 Å². The number of aliphatic imine (C=N–C) groups is 1. The molecule has 1 aromatic rings. The SMILES string of the molecule is CCNC(=NCCN(CC)c1cccc(C)c1)NC1CCN(C(=O)C(C)C)C1. The van der Waals surface area contributed by atoms with E-state index in [1.54, 1.807) is 0 Å². The minimum absolute atomic E-state index is 0.0577. The molecular weight excluding hydrogens is 350 g/mol. The summed E-state index contributed by atoms with van der Waals surface area (Å²) in [6, 6.07) is 8.86. The van der Waals surface area contributed by atoms with Gasteiger partial charge in [0.25, 0.3) is 0 Å². The van der Waals surface area contributed by atoms with Gasteiger partial charge in [-0.05, 0) is 44.9 Å². The highest BCUT2D eigenvalue weighted by Gasteiger charge is 2.27. The highest BCUT2D eigenvalue weighted by molar-refractivity contribution is 5.81. The second-order valence-electron chi connectivity index (χ2n) is 7.75. The molecule has 6 heteroatoms. The van der Waals surface area contributed by atoms with Crippen molar-refractivity contribution >= 4 is 17.6 Å². The number of hydrogen-bond donors (Lipinski definition) is 2. The lowest BCUT2D eigenvalue weighted by Crippen LogP contribution is -2.45. The normalized spacial score (nSPS) is 17.1. The second-order valence-corrected chi connectivity index (χ2v) is 7.75. The Morgan fingerprint density at radius 2 is 2.14 bits per heavy atom. The largest absolute Gasteiger partial charge is 0.370 e. The number of aryl methyl sites for hydroxylation is 1. The number of guanidine groups is 1. The lowest BCUT2D eigenvalue weighted by Gasteiger charge is -2.23. The monoisotopic (exact) mass is 387 g/mol. The number of amides is 1. The zero-order chi connectivity index (χ0) is 20.5. The molecule has 156 valence electrons. The molecule has 28 heavy (non-hydrogen) atoms. The number of nitrogens with one attached hydrogen (secondary N) is 2. The summed E-state index contributed by atoms with van der Waals surface area (Å²) >= 11 is 0. The Kier molecular flexibility index (Phi) is 8.61. The van der Waals surface area contributed by atoms with E-state index in [4.69, 9.17) is 4.99 Å². The predicted molar refractivity (Wildman–Crippen MR) is 118 cm³/mol. The fraction of sp³-hybridized carbons (Fsp3) is 0.636. The van der Waals surface area contributed by atoms with Crippen LogP contribution in [-0.4, -0.2) is 62.1 Å². The minimum atomic E-state index is 0.0577. The Hall–Kier alpha value is -2.24. The van der Waals surface area contributed by atoms with Crippen molar-refractivity contribution in [2.75, 3.05) is 44.2 Å². The van der Waals surface area contributed by atoms with E-state index in [0.717, 1.165) is 51.6 Å². The van der Waals surface area contributed by atoms with Gasteiger partial charge in [0.2, 0.25) is 5.91 Å². The summed E-state index contributed by atoms with van der Waals surface area (Å²) in [6.07, 6.45) is 0.966. The number of benzene rings is 1. The highest BCUT2D eigenvalue weighted by Crippen LogP contribution is 2.15. The van der Waals surface area contributed by atoms with Gasteiger partial charge in [0.15, 0.2) is 5.96 Å². The van der Waals surface area contributed by atoms with Crippen LogP contribution in [0.1, 0.15) is 39.7 Å². The number of likely N-dealkylation sites (N-methyl/N-ethyl adjacent to an activating group) is 1. The number of carbonyl (C=O) groups excluding carboxylic acids is 1. The third-order valence-electron chi connectivity index (χ3n) is 5.07. The first kappa shape index (κ1) is 22.1. The molecular formula is C22H37N5O. The molecule has 0 aromatic heterocycles. The summed E-state index contributed by atoms with van der Waals surface area (Å²) in [4.78, 5) is 21.3. The molecule has 6 nitrogen and oxygen atoms in total. The smallest absolute Gasteiger partial charge is 0.225 e. The zero-order valence-electron chi connectivity index (χ0n) is 18.2. The molecule has 0 bridgehead atoms. The van der Waals surface area contributed by atoms with Crippen LogP contribution in [0.3, 0.4) is 0 Å². The van der Waals surface area contributed by atoms with Crippen molar-refractivity contribution in [2.45, 2.75) is 47.1 Å². The summed E-state index contributed by atoms with van der Waals surface area (Å²) in [5.74, 6) is 1.14. The Morgan fingerprint density at radius 1 is 1.36 bits per heavy atom. The van der Waals surface area contributed by atoms with Crippen molar-refractivity contribution in [1.82, 2.24) is 15.5 Å². The van der Waals surface area contributed by atoms with E-state index in [9.17, 15) is 4.79 Å². The average molecular weight is 388 g/mol. The van der Waals surface area contributed by atoms with Gasteiger partial charge >= 0.3 is 0 Å². The van der Waals surface area contributed by atoms with Crippen LogP contribution in [-0.2, 0) is 4.79 Å². The Balaban J connectivity index is 1.90. The van der Waals surface area contributed by atoms with Gasteiger partial charge in [0, 0.05) is 50.4 Å². The van der Waals surface area contributed by atoms with Crippen LogP contribution < -0.4 is 15.5 Å². The lowest BCUT2D eigenvalue weighted by atomic mass is 10.2. The van der Waals surface area contributed by atoms with E-state index in [-0.39, 0.29) is 17.9 Å². The fourth-order valence-corrected chi connectivity index (χ4v) is 3.53. The van der Waals surface area contributed by atoms with Crippen LogP contribution >= 0.6 is 0 Å². The predicted octanol–water partition coefficient (Wildman–Crippen LogP) is 2.63. The second kappa shape index (κ2) is 10.9. The van der Waals surface area contributed by atoms with Gasteiger partial charge in [-0.15, -0.1) is 0 Å². The number of carbonyl (C=O) groups is 1. The molecule has 1 atom stereocenters. The molecule has 2 rings (SSSR count). The number of rotatable bonds is 8. The van der Waals surface area contributed by atoms with Crippen LogP contribution in [0.4, 0.5) is 5.69 Å². The Labute approximate surface area is 170 Å². The molecule has 2 N–H and O–H groups in total. The molecule has 0 saturated carbocycles. The standard InChI is InChI=1S/C22H37N5O/c1-6-23-22(25-19-11-13-27(16-19)21(28)17(3)4)24-12-14-26(7-2)20-10-8-9-18(5)15-20/h8-10,15,17,19H,6-7,11-14,16H2,1-5H3,(H2,23,24,25). The molecule has 1 heterocycles. The summed E-state index contributed by atoms with van der Waals surface area (Å²) < 4.78 is 0. The molecule has 1 unspecified atom stereocenters. The molecule has 1 amide bonds. The van der Waals surface area contributed by atoms with Gasteiger partial charge in [-0.3, -0.25) is 9.79 Å². The van der Waals surface area contributed by atoms with Crippen molar-refractivity contribution in [1.29, 1.82) is 0 Å². The van der Waals surface area contributed by atoms with Gasteiger partial charge in [-0.2, -0.15) is 0 Å². The fourth-order valence-electron chi connectivity index (χ4n) is 3.53. The topological polar surface area (TPSA) is 60.0 Å². The van der Waals surface area contributed by atoms with Crippen molar-refractivity contribution < 1.29 is 4.79 Å². The minimum Gasteiger partial charge on any atom is -0.370 e. The molecule has 0 spiro atoms. The number of nitrogens with zero attached hydrogens (tertiary/aromatic N) is 3. The lowest BCUT2D eigenvalue weighted by molar-refractivity contribution is -0.133. The Bertz CT molecular complexity index is 658. The molecule has 0 aliphatic carbocycles. The van der Waals surface area contributed by atoms with Crippen molar-refractivity contribution in [3.63, 3.8) is 0 Å². The number of hydrogen-bond acceptors (Lipinski definition) is 3. The van der Waals surface area contributed by atoms with Crippen LogP contribution in [0.25, 0.3) is 0 Å². The summed E-state index contributed by atoms with van der Waals surface area (Å²) in [5.41, 5.74) is 2.52. The first-order valence-electron chi connectivity index (χ1n) is 10.6. The summed E-state index contributed by atoms with van der Waals surface area (Å²) in [6.45, 7) is 15.2. The van der Waals surface area contributed by atoms with E-state index < -0.39 is 0 Å². The van der Waals surface area contributed by atoms with Gasteiger partial charge < -0.3 is 20.4 Å². The summed E-state index contributed by atoms with van der Waals surface area (Å²) in [7, 11) is 0. The third-order valence-corrected chi connectivity index (χ3v) is 5.07. The molecule has 1 saturated heterocycles. The molecule has 1 aliphatic heterocycles. The first-order chi connectivity index (χ1) is 13.4. The molecule has 1 fully saturated rings. The summed E-state index contributed by atoms with van der Waals surface area (Å²) in [5, 5.41) is 6.84. The first-order valence-corrected chi connectivity index (χ1v) is 10.6. The van der Waals surface area contributed by atoms with Gasteiger partial charge in [-0.25, -0.2) is 0 Å². The van der Waals surface area contributed by atoms with Crippen molar-refractivity contribution in [3.05, 3.63) is 29.8 Å². The maximum Gasteiger partial charge on any atom is 0.225 e. The van der Waals surface area contributed by atoms with E-state index in [1.165, 1.54) is 11.3 Å². The van der Waals surface area contributed by atoms with Crippen LogP contribution in [0, 0.1) is 12.8 Å². The van der Waals surface area contributed by atoms with Gasteiger partial charge in [-0.1, -0.05) is 26.0 Å².